The first kappa shape index (κ1) is 24.8. The maximum Gasteiger partial charge on any atom is 0.325 e. The predicted molar refractivity (Wildman–Crippen MR) is 135 cm³/mol. The largest absolute Gasteiger partial charge is 0.497 e. The smallest absolute Gasteiger partial charge is 0.325 e. The molecule has 4 amide bonds. The average Bonchev–Trinajstić information content (AvgIpc) is 3.17. The van der Waals surface area contributed by atoms with Crippen molar-refractivity contribution in [2.75, 3.05) is 20.8 Å². The molecule has 1 unspecified atom stereocenters. The monoisotopic (exact) mass is 487 g/mol. The molecule has 0 aliphatic carbocycles. The first-order valence-electron chi connectivity index (χ1n) is 11.7. The van der Waals surface area contributed by atoms with E-state index in [4.69, 9.17) is 9.47 Å². The van der Waals surface area contributed by atoms with E-state index in [-0.39, 0.29) is 0 Å². The van der Waals surface area contributed by atoms with Gasteiger partial charge in [0.1, 0.15) is 23.6 Å². The van der Waals surface area contributed by atoms with Crippen LogP contribution in [0.5, 0.6) is 11.5 Å². The molecule has 186 valence electrons. The number of carbonyl (C=O) groups is 3. The van der Waals surface area contributed by atoms with E-state index in [0.29, 0.717) is 23.5 Å². The van der Waals surface area contributed by atoms with Crippen LogP contribution in [0.25, 0.3) is 0 Å². The van der Waals surface area contributed by atoms with Crippen molar-refractivity contribution < 1.29 is 23.9 Å². The highest BCUT2D eigenvalue weighted by Gasteiger charge is 2.51. The Morgan fingerprint density at radius 1 is 0.889 bits per heavy atom. The number of carbonyl (C=O) groups excluding carboxylic acids is 3. The highest BCUT2D eigenvalue weighted by Crippen LogP contribution is 2.32. The Bertz CT molecular complexity index is 1180. The van der Waals surface area contributed by atoms with Crippen molar-refractivity contribution in [2.24, 2.45) is 0 Å². The number of hydrogen-bond donors (Lipinski definition) is 2. The minimum Gasteiger partial charge on any atom is -0.497 e. The summed E-state index contributed by atoms with van der Waals surface area (Å²) in [4.78, 5) is 40.4. The van der Waals surface area contributed by atoms with Gasteiger partial charge in [0.2, 0.25) is 5.91 Å². The summed E-state index contributed by atoms with van der Waals surface area (Å²) in [6.07, 6.45) is 0.361. The van der Waals surface area contributed by atoms with Crippen LogP contribution in [0.15, 0.2) is 78.9 Å². The Morgan fingerprint density at radius 2 is 1.42 bits per heavy atom. The molecule has 8 heteroatoms. The molecule has 1 fully saturated rings. The van der Waals surface area contributed by atoms with Gasteiger partial charge in [0.25, 0.3) is 5.91 Å². The number of urea groups is 1. The topological polar surface area (TPSA) is 97.0 Å². The van der Waals surface area contributed by atoms with Crippen molar-refractivity contribution in [3.63, 3.8) is 0 Å². The van der Waals surface area contributed by atoms with Gasteiger partial charge in [0, 0.05) is 0 Å². The van der Waals surface area contributed by atoms with Gasteiger partial charge in [-0.3, -0.25) is 14.5 Å². The summed E-state index contributed by atoms with van der Waals surface area (Å²) in [5.74, 6) is 0.473. The highest BCUT2D eigenvalue weighted by molar-refractivity contribution is 6.09. The zero-order chi connectivity index (χ0) is 25.7. The first-order valence-corrected chi connectivity index (χ1v) is 11.7. The number of imide groups is 1. The van der Waals surface area contributed by atoms with Crippen LogP contribution < -0.4 is 20.1 Å². The molecule has 1 atom stereocenters. The highest BCUT2D eigenvalue weighted by atomic mass is 16.5. The third kappa shape index (κ3) is 4.75. The third-order valence-corrected chi connectivity index (χ3v) is 6.48. The SMILES string of the molecule is CCC1(c2ccccc2)NC(=O)N(CC(=O)NC(c2ccc(OC)cc2)c2ccc(OC)cc2)C1=O. The van der Waals surface area contributed by atoms with E-state index >= 15 is 0 Å². The van der Waals surface area contributed by atoms with Crippen molar-refractivity contribution in [3.8, 4) is 11.5 Å². The standard InChI is InChI=1S/C28H29N3O5/c1-4-28(21-8-6-5-7-9-21)26(33)31(27(34)30-28)18-24(32)29-25(19-10-14-22(35-2)15-11-19)20-12-16-23(36-3)17-13-20/h5-17,25H,4,18H2,1-3H3,(H,29,32)(H,30,34). The number of nitrogens with one attached hydrogen (secondary N) is 2. The van der Waals surface area contributed by atoms with Crippen molar-refractivity contribution in [2.45, 2.75) is 24.9 Å². The van der Waals surface area contributed by atoms with Crippen LogP contribution in [0.2, 0.25) is 0 Å². The van der Waals surface area contributed by atoms with Crippen LogP contribution in [0.1, 0.15) is 36.1 Å². The summed E-state index contributed by atoms with van der Waals surface area (Å²) >= 11 is 0. The number of nitrogens with zero attached hydrogens (tertiary/aromatic N) is 1. The molecule has 0 saturated carbocycles. The number of benzene rings is 3. The number of hydrogen-bond acceptors (Lipinski definition) is 5. The molecule has 1 aliphatic heterocycles. The van der Waals surface area contributed by atoms with Gasteiger partial charge in [-0.05, 0) is 47.4 Å². The molecule has 4 rings (SSSR count). The van der Waals surface area contributed by atoms with E-state index in [1.165, 1.54) is 0 Å². The van der Waals surface area contributed by atoms with Crippen molar-refractivity contribution in [3.05, 3.63) is 95.6 Å². The fraction of sp³-hybridized carbons (Fsp3) is 0.250. The number of amides is 4. The molecular weight excluding hydrogens is 458 g/mol. The fourth-order valence-electron chi connectivity index (χ4n) is 4.43. The molecule has 0 radical (unpaired) electrons. The molecule has 36 heavy (non-hydrogen) atoms. The van der Waals surface area contributed by atoms with E-state index in [2.05, 4.69) is 10.6 Å². The third-order valence-electron chi connectivity index (χ3n) is 6.48. The maximum atomic E-state index is 13.4. The second-order valence-electron chi connectivity index (χ2n) is 8.49. The van der Waals surface area contributed by atoms with E-state index in [1.54, 1.807) is 26.4 Å². The second kappa shape index (κ2) is 10.5. The van der Waals surface area contributed by atoms with Crippen molar-refractivity contribution >= 4 is 17.8 Å². The number of methoxy groups -OCH3 is 2. The second-order valence-corrected chi connectivity index (χ2v) is 8.49. The molecule has 8 nitrogen and oxygen atoms in total. The fourth-order valence-corrected chi connectivity index (χ4v) is 4.43. The van der Waals surface area contributed by atoms with E-state index < -0.39 is 36.0 Å². The molecule has 3 aromatic carbocycles. The van der Waals surface area contributed by atoms with Gasteiger partial charge < -0.3 is 20.1 Å². The molecule has 1 aliphatic rings. The molecule has 0 bridgehead atoms. The first-order chi connectivity index (χ1) is 17.4. The Balaban J connectivity index is 1.57. The van der Waals surface area contributed by atoms with E-state index in [1.807, 2.05) is 73.7 Å². The van der Waals surface area contributed by atoms with Gasteiger partial charge in [0.05, 0.1) is 20.3 Å². The summed E-state index contributed by atoms with van der Waals surface area (Å²) in [5, 5.41) is 5.79. The lowest BCUT2D eigenvalue weighted by molar-refractivity contribution is -0.135. The van der Waals surface area contributed by atoms with Crippen LogP contribution >= 0.6 is 0 Å². The summed E-state index contributed by atoms with van der Waals surface area (Å²) in [6, 6.07) is 22.7. The molecule has 3 aromatic rings. The zero-order valence-corrected chi connectivity index (χ0v) is 20.5. The number of rotatable bonds is 9. The van der Waals surface area contributed by atoms with Crippen LogP contribution in [0.4, 0.5) is 4.79 Å². The average molecular weight is 488 g/mol. The van der Waals surface area contributed by atoms with Gasteiger partial charge >= 0.3 is 6.03 Å². The van der Waals surface area contributed by atoms with Gasteiger partial charge in [0.15, 0.2) is 0 Å². The van der Waals surface area contributed by atoms with E-state index in [0.717, 1.165) is 16.0 Å². The lowest BCUT2D eigenvalue weighted by Gasteiger charge is -2.26. The minimum atomic E-state index is -1.19. The Morgan fingerprint density at radius 3 is 1.89 bits per heavy atom. The normalized spacial score (nSPS) is 17.2. The van der Waals surface area contributed by atoms with Gasteiger partial charge in [-0.25, -0.2) is 4.79 Å². The minimum absolute atomic E-state index is 0.361. The van der Waals surface area contributed by atoms with Gasteiger partial charge in [-0.15, -0.1) is 0 Å². The Kier molecular flexibility index (Phi) is 7.24. The lowest BCUT2D eigenvalue weighted by Crippen LogP contribution is -2.45. The van der Waals surface area contributed by atoms with Crippen molar-refractivity contribution in [1.29, 1.82) is 0 Å². The summed E-state index contributed by atoms with van der Waals surface area (Å²) in [6.45, 7) is 1.43. The summed E-state index contributed by atoms with van der Waals surface area (Å²) in [5.41, 5.74) is 1.13. The molecule has 1 heterocycles. The van der Waals surface area contributed by atoms with Crippen molar-refractivity contribution in [1.82, 2.24) is 15.5 Å². The predicted octanol–water partition coefficient (Wildman–Crippen LogP) is 3.77. The van der Waals surface area contributed by atoms with Gasteiger partial charge in [-0.2, -0.15) is 0 Å². The number of ether oxygens (including phenoxy) is 2. The lowest BCUT2D eigenvalue weighted by atomic mass is 9.87. The quantitative estimate of drug-likeness (QED) is 0.448. The molecule has 0 spiro atoms. The maximum absolute atomic E-state index is 13.4. The molecule has 1 saturated heterocycles. The Labute approximate surface area is 210 Å². The zero-order valence-electron chi connectivity index (χ0n) is 20.5. The molecule has 0 aromatic heterocycles. The van der Waals surface area contributed by atoms with Crippen LogP contribution in [-0.2, 0) is 15.1 Å². The summed E-state index contributed by atoms with van der Waals surface area (Å²) < 4.78 is 10.5. The van der Waals surface area contributed by atoms with Crippen LogP contribution in [0, 0.1) is 0 Å². The Hall–Kier alpha value is -4.33. The summed E-state index contributed by atoms with van der Waals surface area (Å²) in [7, 11) is 3.17. The van der Waals surface area contributed by atoms with Gasteiger partial charge in [-0.1, -0.05) is 61.5 Å². The van der Waals surface area contributed by atoms with Crippen LogP contribution in [0.3, 0.4) is 0 Å². The van der Waals surface area contributed by atoms with E-state index in [9.17, 15) is 14.4 Å². The molecular formula is C28H29N3O5. The molecule has 2 N–H and O–H groups in total. The van der Waals surface area contributed by atoms with Crippen LogP contribution in [-0.4, -0.2) is 43.5 Å².